The summed E-state index contributed by atoms with van der Waals surface area (Å²) in [5.74, 6) is 2.01. The summed E-state index contributed by atoms with van der Waals surface area (Å²) < 4.78 is 5.75. The molecule has 0 atom stereocenters. The number of rotatable bonds is 12. The van der Waals surface area contributed by atoms with Gasteiger partial charge in [0.2, 0.25) is 0 Å². The van der Waals surface area contributed by atoms with Crippen LogP contribution in [0.5, 0.6) is 5.75 Å². The van der Waals surface area contributed by atoms with Crippen LogP contribution in [-0.4, -0.2) is 18.1 Å². The van der Waals surface area contributed by atoms with Crippen LogP contribution in [0.3, 0.4) is 0 Å². The van der Waals surface area contributed by atoms with Crippen LogP contribution in [0.2, 0.25) is 0 Å². The van der Waals surface area contributed by atoms with E-state index < -0.39 is 0 Å². The summed E-state index contributed by atoms with van der Waals surface area (Å²) in [7, 11) is 0. The topological polar surface area (TPSA) is 26.3 Å². The zero-order chi connectivity index (χ0) is 19.3. The van der Waals surface area contributed by atoms with E-state index in [0.29, 0.717) is 0 Å². The van der Waals surface area contributed by atoms with Gasteiger partial charge in [0.1, 0.15) is 5.75 Å². The number of unbranched alkanes of at least 4 members (excludes halogenated alkanes) is 3. The lowest BCUT2D eigenvalue weighted by Gasteiger charge is -2.06. The molecule has 0 aliphatic heterocycles. The third-order valence-corrected chi connectivity index (χ3v) is 5.40. The van der Waals surface area contributed by atoms with Crippen molar-refractivity contribution in [2.45, 2.75) is 50.8 Å². The maximum atomic E-state index is 12.3. The predicted molar refractivity (Wildman–Crippen MR) is 117 cm³/mol. The summed E-state index contributed by atoms with van der Waals surface area (Å²) in [5.41, 5.74) is 1.72. The molecule has 27 heavy (non-hydrogen) atoms. The largest absolute Gasteiger partial charge is 0.494 e. The Morgan fingerprint density at radius 2 is 1.67 bits per heavy atom. The second-order valence-electron chi connectivity index (χ2n) is 6.55. The van der Waals surface area contributed by atoms with Crippen molar-refractivity contribution in [1.82, 2.24) is 0 Å². The number of ether oxygens (including phenoxy) is 1. The van der Waals surface area contributed by atoms with E-state index in [1.54, 1.807) is 6.08 Å². The first-order valence-electron chi connectivity index (χ1n) is 9.91. The van der Waals surface area contributed by atoms with Gasteiger partial charge in [-0.25, -0.2) is 0 Å². The fourth-order valence-electron chi connectivity index (χ4n) is 2.60. The molecule has 2 aromatic carbocycles. The fourth-order valence-corrected chi connectivity index (χ4v) is 3.37. The van der Waals surface area contributed by atoms with Crippen molar-refractivity contribution in [3.05, 3.63) is 65.7 Å². The minimum Gasteiger partial charge on any atom is -0.494 e. The molecule has 0 saturated heterocycles. The van der Waals surface area contributed by atoms with Crippen LogP contribution in [0.25, 0.3) is 6.08 Å². The number of ketones is 1. The standard InChI is InChI=1S/C24H30O2S/c1-3-5-6-7-18-26-22-13-8-20(9-14-22)10-17-24(25)21-11-15-23(16-12-21)27-19-4-2/h8-17H,3-7,18-19H2,1-2H3. The molecule has 0 bridgehead atoms. The van der Waals surface area contributed by atoms with Gasteiger partial charge in [0.15, 0.2) is 5.78 Å². The minimum absolute atomic E-state index is 0.0262. The average Bonchev–Trinajstić information content (AvgIpc) is 2.71. The molecule has 3 heteroatoms. The van der Waals surface area contributed by atoms with Crippen molar-refractivity contribution < 1.29 is 9.53 Å². The number of benzene rings is 2. The van der Waals surface area contributed by atoms with Gasteiger partial charge in [-0.15, -0.1) is 11.8 Å². The zero-order valence-electron chi connectivity index (χ0n) is 16.4. The third-order valence-electron chi connectivity index (χ3n) is 4.19. The van der Waals surface area contributed by atoms with Crippen molar-refractivity contribution in [1.29, 1.82) is 0 Å². The Balaban J connectivity index is 1.83. The normalized spacial score (nSPS) is 11.0. The minimum atomic E-state index is 0.0262. The molecule has 0 amide bonds. The van der Waals surface area contributed by atoms with E-state index in [1.807, 2.05) is 66.4 Å². The predicted octanol–water partition coefficient (Wildman–Crippen LogP) is 7.04. The summed E-state index contributed by atoms with van der Waals surface area (Å²) in [4.78, 5) is 13.5. The second kappa shape index (κ2) is 12.4. The first kappa shape index (κ1) is 21.3. The van der Waals surface area contributed by atoms with Crippen LogP contribution < -0.4 is 4.74 Å². The van der Waals surface area contributed by atoms with E-state index in [-0.39, 0.29) is 5.78 Å². The maximum absolute atomic E-state index is 12.3. The van der Waals surface area contributed by atoms with Gasteiger partial charge in [0.05, 0.1) is 6.61 Å². The molecule has 2 nitrogen and oxygen atoms in total. The average molecular weight is 383 g/mol. The van der Waals surface area contributed by atoms with Crippen LogP contribution in [0.15, 0.2) is 59.5 Å². The number of carbonyl (C=O) groups excluding carboxylic acids is 1. The smallest absolute Gasteiger partial charge is 0.185 e. The summed E-state index contributed by atoms with van der Waals surface area (Å²) >= 11 is 1.82. The van der Waals surface area contributed by atoms with Crippen molar-refractivity contribution in [3.63, 3.8) is 0 Å². The SMILES string of the molecule is CCCCCCOc1ccc(C=CC(=O)c2ccc(SCCC)cc2)cc1. The Labute approximate surface area is 168 Å². The molecule has 0 saturated carbocycles. The number of hydrogen-bond acceptors (Lipinski definition) is 3. The highest BCUT2D eigenvalue weighted by Gasteiger charge is 2.02. The van der Waals surface area contributed by atoms with E-state index in [4.69, 9.17) is 4.74 Å². The van der Waals surface area contributed by atoms with Gasteiger partial charge in [-0.1, -0.05) is 51.3 Å². The quantitative estimate of drug-likeness (QED) is 0.170. The summed E-state index contributed by atoms with van der Waals surface area (Å²) in [6.45, 7) is 5.14. The molecule has 144 valence electrons. The van der Waals surface area contributed by atoms with Crippen LogP contribution in [0.1, 0.15) is 61.9 Å². The Bertz CT molecular complexity index is 702. The lowest BCUT2D eigenvalue weighted by atomic mass is 10.1. The van der Waals surface area contributed by atoms with E-state index in [9.17, 15) is 4.79 Å². The lowest BCUT2D eigenvalue weighted by molar-refractivity contribution is 0.104. The van der Waals surface area contributed by atoms with Gasteiger partial charge in [-0.2, -0.15) is 0 Å². The highest BCUT2D eigenvalue weighted by atomic mass is 32.2. The Morgan fingerprint density at radius 1 is 0.926 bits per heavy atom. The van der Waals surface area contributed by atoms with Crippen LogP contribution >= 0.6 is 11.8 Å². The van der Waals surface area contributed by atoms with E-state index in [2.05, 4.69) is 13.8 Å². The molecule has 0 aliphatic rings. The maximum Gasteiger partial charge on any atom is 0.185 e. The second-order valence-corrected chi connectivity index (χ2v) is 7.72. The first-order valence-corrected chi connectivity index (χ1v) is 10.9. The molecule has 0 N–H and O–H groups in total. The first-order chi connectivity index (χ1) is 13.2. The van der Waals surface area contributed by atoms with Crippen molar-refractivity contribution in [3.8, 4) is 5.75 Å². The number of thioether (sulfide) groups is 1. The van der Waals surface area contributed by atoms with Gasteiger partial charge in [-0.05, 0) is 66.6 Å². The molecule has 0 fully saturated rings. The highest BCUT2D eigenvalue weighted by molar-refractivity contribution is 7.99. The van der Waals surface area contributed by atoms with Crippen molar-refractivity contribution >= 4 is 23.6 Å². The monoisotopic (exact) mass is 382 g/mol. The highest BCUT2D eigenvalue weighted by Crippen LogP contribution is 2.20. The number of allylic oxidation sites excluding steroid dienone is 1. The molecule has 2 rings (SSSR count). The Hall–Kier alpha value is -2.00. The van der Waals surface area contributed by atoms with E-state index >= 15 is 0 Å². The Morgan fingerprint density at radius 3 is 2.33 bits per heavy atom. The van der Waals surface area contributed by atoms with Crippen molar-refractivity contribution in [2.75, 3.05) is 12.4 Å². The van der Waals surface area contributed by atoms with Crippen LogP contribution in [-0.2, 0) is 0 Å². The van der Waals surface area contributed by atoms with Gasteiger partial charge >= 0.3 is 0 Å². The van der Waals surface area contributed by atoms with Gasteiger partial charge in [-0.3, -0.25) is 4.79 Å². The van der Waals surface area contributed by atoms with Gasteiger partial charge in [0, 0.05) is 10.5 Å². The van der Waals surface area contributed by atoms with Crippen molar-refractivity contribution in [2.24, 2.45) is 0 Å². The van der Waals surface area contributed by atoms with Gasteiger partial charge in [0.25, 0.3) is 0 Å². The Kier molecular flexibility index (Phi) is 9.78. The summed E-state index contributed by atoms with van der Waals surface area (Å²) in [6, 6.07) is 15.7. The molecule has 2 aromatic rings. The molecule has 0 unspecified atom stereocenters. The van der Waals surface area contributed by atoms with E-state index in [1.165, 1.54) is 24.2 Å². The van der Waals surface area contributed by atoms with Crippen LogP contribution in [0, 0.1) is 0 Å². The molecular formula is C24H30O2S. The summed E-state index contributed by atoms with van der Waals surface area (Å²) in [6.07, 6.45) is 9.46. The van der Waals surface area contributed by atoms with Crippen LogP contribution in [0.4, 0.5) is 0 Å². The number of carbonyl (C=O) groups is 1. The molecule has 0 radical (unpaired) electrons. The fraction of sp³-hybridized carbons (Fsp3) is 0.375. The summed E-state index contributed by atoms with van der Waals surface area (Å²) in [5, 5.41) is 0. The molecule has 0 heterocycles. The number of hydrogen-bond donors (Lipinski definition) is 0. The lowest BCUT2D eigenvalue weighted by Crippen LogP contribution is -1.97. The molecule has 0 spiro atoms. The third kappa shape index (κ3) is 8.04. The zero-order valence-corrected chi connectivity index (χ0v) is 17.3. The molecule has 0 aromatic heterocycles. The molecular weight excluding hydrogens is 352 g/mol. The molecule has 0 aliphatic carbocycles. The van der Waals surface area contributed by atoms with E-state index in [0.717, 1.165) is 42.1 Å². The van der Waals surface area contributed by atoms with Gasteiger partial charge < -0.3 is 4.74 Å².